The number of fused-ring (bicyclic) bond motifs is 1. The van der Waals surface area contributed by atoms with E-state index in [2.05, 4.69) is 26.3 Å². The fourth-order valence-corrected chi connectivity index (χ4v) is 3.92. The normalized spacial score (nSPS) is 17.5. The molecule has 22 heavy (non-hydrogen) atoms. The van der Waals surface area contributed by atoms with Gasteiger partial charge in [0, 0.05) is 16.4 Å². The number of anilines is 1. The van der Waals surface area contributed by atoms with Crippen LogP contribution < -0.4 is 5.32 Å². The average molecular weight is 386 g/mol. The summed E-state index contributed by atoms with van der Waals surface area (Å²) in [6, 6.07) is 3.26. The number of carbonyl (C=O) groups is 1. The van der Waals surface area contributed by atoms with Crippen molar-refractivity contribution in [3.05, 3.63) is 33.8 Å². The van der Waals surface area contributed by atoms with Crippen molar-refractivity contribution in [1.29, 1.82) is 0 Å². The number of nitrogens with zero attached hydrogens (tertiary/aromatic N) is 2. The van der Waals surface area contributed by atoms with Crippen LogP contribution in [0.2, 0.25) is 0 Å². The molecule has 0 saturated carbocycles. The van der Waals surface area contributed by atoms with Gasteiger partial charge in [0.15, 0.2) is 10.4 Å². The second-order valence-electron chi connectivity index (χ2n) is 6.14. The Kier molecular flexibility index (Phi) is 3.76. The first-order valence-corrected chi connectivity index (χ1v) is 9.07. The third-order valence-corrected chi connectivity index (χ3v) is 4.97. The molecule has 3 heterocycles. The minimum Gasteiger partial charge on any atom is -0.444 e. The summed E-state index contributed by atoms with van der Waals surface area (Å²) in [6.07, 6.45) is 0. The van der Waals surface area contributed by atoms with Crippen LogP contribution in [0, 0.1) is 0 Å². The van der Waals surface area contributed by atoms with Crippen LogP contribution in [0.1, 0.15) is 42.6 Å². The van der Waals surface area contributed by atoms with Crippen LogP contribution in [0.4, 0.5) is 5.82 Å². The maximum atomic E-state index is 12.3. The van der Waals surface area contributed by atoms with Gasteiger partial charge >= 0.3 is 0 Å². The minimum absolute atomic E-state index is 0.210. The molecule has 0 aliphatic carbocycles. The molecule has 2 aromatic heterocycles. The lowest BCUT2D eigenvalue weighted by atomic mass is 10.1. The van der Waals surface area contributed by atoms with Crippen LogP contribution in [0.3, 0.4) is 0 Å². The van der Waals surface area contributed by atoms with Gasteiger partial charge in [0.25, 0.3) is 5.91 Å². The molecule has 1 aliphatic heterocycles. The lowest BCUT2D eigenvalue weighted by Crippen LogP contribution is -2.27. The third-order valence-electron chi connectivity index (χ3n) is 3.33. The molecule has 0 saturated heterocycles. The highest BCUT2D eigenvalue weighted by atomic mass is 79.9. The van der Waals surface area contributed by atoms with Crippen LogP contribution in [-0.4, -0.2) is 19.9 Å². The van der Waals surface area contributed by atoms with Gasteiger partial charge in [-0.05, 0) is 48.8 Å². The molecular formula is C14H16BrN3O3S. The number of carbonyl (C=O) groups excluding carboxylic acids is 1. The van der Waals surface area contributed by atoms with E-state index in [-0.39, 0.29) is 17.2 Å². The van der Waals surface area contributed by atoms with Crippen molar-refractivity contribution in [3.63, 3.8) is 0 Å². The van der Waals surface area contributed by atoms with E-state index in [1.807, 2.05) is 20.8 Å². The molecule has 0 radical (unpaired) electrons. The van der Waals surface area contributed by atoms with Crippen LogP contribution in [-0.2, 0) is 27.8 Å². The zero-order valence-corrected chi connectivity index (χ0v) is 14.9. The largest absolute Gasteiger partial charge is 0.444 e. The molecular weight excluding hydrogens is 370 g/mol. The van der Waals surface area contributed by atoms with E-state index < -0.39 is 10.8 Å². The predicted molar refractivity (Wildman–Crippen MR) is 87.1 cm³/mol. The summed E-state index contributed by atoms with van der Waals surface area (Å²) in [5.41, 5.74) is 1.36. The monoisotopic (exact) mass is 385 g/mol. The molecule has 0 unspecified atom stereocenters. The van der Waals surface area contributed by atoms with Crippen molar-refractivity contribution in [1.82, 2.24) is 9.78 Å². The fraction of sp³-hybridized carbons (Fsp3) is 0.429. The van der Waals surface area contributed by atoms with Gasteiger partial charge in [-0.2, -0.15) is 5.10 Å². The van der Waals surface area contributed by atoms with Crippen molar-refractivity contribution >= 4 is 38.5 Å². The van der Waals surface area contributed by atoms with Gasteiger partial charge in [-0.1, -0.05) is 0 Å². The van der Waals surface area contributed by atoms with Gasteiger partial charge in [0.05, 0.1) is 22.7 Å². The number of halogens is 1. The van der Waals surface area contributed by atoms with E-state index in [0.717, 1.165) is 11.3 Å². The summed E-state index contributed by atoms with van der Waals surface area (Å²) in [6.45, 7) is 6.02. The number of hydrogen-bond donors (Lipinski definition) is 1. The average Bonchev–Trinajstić information content (AvgIpc) is 3.04. The first-order chi connectivity index (χ1) is 10.3. The number of hydrogen-bond acceptors (Lipinski definition) is 4. The lowest BCUT2D eigenvalue weighted by Gasteiger charge is -2.23. The van der Waals surface area contributed by atoms with Gasteiger partial charge in [-0.25, -0.2) is 4.68 Å². The highest BCUT2D eigenvalue weighted by molar-refractivity contribution is 9.10. The second kappa shape index (κ2) is 5.34. The minimum atomic E-state index is -0.947. The molecule has 0 fully saturated rings. The molecule has 1 aliphatic rings. The molecule has 1 N–H and O–H groups in total. The summed E-state index contributed by atoms with van der Waals surface area (Å²) >= 11 is 3.18. The molecule has 2 aromatic rings. The van der Waals surface area contributed by atoms with Crippen molar-refractivity contribution in [2.75, 3.05) is 5.32 Å². The molecule has 6 nitrogen and oxygen atoms in total. The van der Waals surface area contributed by atoms with E-state index in [1.54, 1.807) is 16.8 Å². The smallest absolute Gasteiger partial charge is 0.292 e. The van der Waals surface area contributed by atoms with Gasteiger partial charge < -0.3 is 9.73 Å². The van der Waals surface area contributed by atoms with Crippen LogP contribution in [0.5, 0.6) is 0 Å². The summed E-state index contributed by atoms with van der Waals surface area (Å²) < 4.78 is 19.3. The van der Waals surface area contributed by atoms with E-state index in [4.69, 9.17) is 4.42 Å². The first-order valence-electron chi connectivity index (χ1n) is 6.78. The Balaban J connectivity index is 1.99. The highest BCUT2D eigenvalue weighted by Crippen LogP contribution is 2.33. The zero-order chi connectivity index (χ0) is 16.1. The Bertz CT molecular complexity index is 773. The van der Waals surface area contributed by atoms with Crippen molar-refractivity contribution < 1.29 is 13.4 Å². The first kappa shape index (κ1) is 15.5. The van der Waals surface area contributed by atoms with E-state index in [1.165, 1.54) is 0 Å². The Morgan fingerprint density at radius 1 is 1.41 bits per heavy atom. The molecule has 8 heteroatoms. The molecule has 1 atom stereocenters. The number of amides is 1. The van der Waals surface area contributed by atoms with Crippen LogP contribution >= 0.6 is 15.9 Å². The number of nitrogens with one attached hydrogen (secondary N) is 1. The predicted octanol–water partition coefficient (Wildman–Crippen LogP) is 3.01. The molecule has 1 amide bonds. The number of aromatic nitrogens is 2. The maximum absolute atomic E-state index is 12.3. The van der Waals surface area contributed by atoms with E-state index >= 15 is 0 Å². The van der Waals surface area contributed by atoms with Gasteiger partial charge in [-0.3, -0.25) is 9.00 Å². The van der Waals surface area contributed by atoms with Crippen molar-refractivity contribution in [2.45, 2.75) is 37.8 Å². The number of furan rings is 1. The Labute approximate surface area is 138 Å². The van der Waals surface area contributed by atoms with Crippen LogP contribution in [0.25, 0.3) is 0 Å². The van der Waals surface area contributed by atoms with Crippen LogP contribution in [0.15, 0.2) is 21.2 Å². The maximum Gasteiger partial charge on any atom is 0.292 e. The Hall–Kier alpha value is -1.41. The number of rotatable bonds is 2. The summed E-state index contributed by atoms with van der Waals surface area (Å²) in [7, 11) is -0.947. The third kappa shape index (κ3) is 2.77. The van der Waals surface area contributed by atoms with Crippen molar-refractivity contribution in [3.8, 4) is 0 Å². The summed E-state index contributed by atoms with van der Waals surface area (Å²) in [5.74, 6) is 1.32. The van der Waals surface area contributed by atoms with Gasteiger partial charge in [0.1, 0.15) is 5.82 Å². The molecule has 118 valence electrons. The Morgan fingerprint density at radius 3 is 2.73 bits per heavy atom. The highest BCUT2D eigenvalue weighted by Gasteiger charge is 2.31. The van der Waals surface area contributed by atoms with E-state index in [9.17, 15) is 9.00 Å². The molecule has 0 bridgehead atoms. The standard InChI is InChI=1S/C14H16BrN3O3S/c1-14(2,3)18-12(8-6-22(20)7-9(8)17-18)16-13(19)10-4-5-11(15)21-10/h4-5H,6-7H2,1-3H3,(H,16,19)/t22-/m0/s1. The zero-order valence-electron chi connectivity index (χ0n) is 12.5. The van der Waals surface area contributed by atoms with Crippen molar-refractivity contribution in [2.24, 2.45) is 0 Å². The SMILES string of the molecule is CC(C)(C)n1nc2c(c1NC(=O)c1ccc(Br)o1)C[S@](=O)C2. The lowest BCUT2D eigenvalue weighted by molar-refractivity contribution is 0.0994. The molecule has 0 aromatic carbocycles. The second-order valence-corrected chi connectivity index (χ2v) is 8.38. The van der Waals surface area contributed by atoms with E-state index in [0.29, 0.717) is 22.0 Å². The fourth-order valence-electron chi connectivity index (χ4n) is 2.35. The molecule has 3 rings (SSSR count). The topological polar surface area (TPSA) is 77.1 Å². The quantitative estimate of drug-likeness (QED) is 0.861. The van der Waals surface area contributed by atoms with Gasteiger partial charge in [-0.15, -0.1) is 0 Å². The van der Waals surface area contributed by atoms with Gasteiger partial charge in [0.2, 0.25) is 0 Å². The Morgan fingerprint density at radius 2 is 2.14 bits per heavy atom. The molecule has 0 spiro atoms. The summed E-state index contributed by atoms with van der Waals surface area (Å²) in [4.78, 5) is 12.3. The summed E-state index contributed by atoms with van der Waals surface area (Å²) in [5, 5.41) is 7.39.